The summed E-state index contributed by atoms with van der Waals surface area (Å²) in [6, 6.07) is 0.405. The second-order valence-electron chi connectivity index (χ2n) is 7.26. The van der Waals surface area contributed by atoms with Crippen LogP contribution < -0.4 is 10.6 Å². The van der Waals surface area contributed by atoms with Crippen LogP contribution in [0.4, 0.5) is 4.79 Å². The van der Waals surface area contributed by atoms with Gasteiger partial charge in [-0.2, -0.15) is 0 Å². The molecule has 0 heterocycles. The first-order chi connectivity index (χ1) is 10.7. The lowest BCUT2D eigenvalue weighted by Gasteiger charge is -2.31. The molecule has 0 aliphatic heterocycles. The van der Waals surface area contributed by atoms with E-state index < -0.39 is 11.7 Å². The van der Waals surface area contributed by atoms with Crippen molar-refractivity contribution in [2.45, 2.75) is 78.0 Å². The van der Waals surface area contributed by atoms with Crippen molar-refractivity contribution in [3.8, 4) is 0 Å². The quantitative estimate of drug-likeness (QED) is 0.733. The highest BCUT2D eigenvalue weighted by Crippen LogP contribution is 2.25. The van der Waals surface area contributed by atoms with Gasteiger partial charge in [-0.3, -0.25) is 4.79 Å². The summed E-state index contributed by atoms with van der Waals surface area (Å²) in [5, 5.41) is 6.25. The Balaban J connectivity index is 2.32. The smallest absolute Gasteiger partial charge is 0.407 e. The topological polar surface area (TPSA) is 76.7 Å². The molecular weight excluding hydrogens is 296 g/mol. The number of nitrogens with one attached hydrogen (secondary N) is 2. The molecule has 0 aromatic rings. The second-order valence-corrected chi connectivity index (χ2v) is 7.26. The largest absolute Gasteiger partial charge is 0.466 e. The minimum absolute atomic E-state index is 0.00721. The standard InChI is InChI=1S/C17H32N2O4/c1-6-22-15(20)13-8-7-9-14(10-13)19-12(2)11-18-16(21)23-17(3,4)5/h12-14,19H,6-11H2,1-5H3,(H,18,21). The van der Waals surface area contributed by atoms with Crippen LogP contribution in [0.1, 0.15) is 60.3 Å². The first-order valence-electron chi connectivity index (χ1n) is 8.60. The molecule has 0 aromatic heterocycles. The summed E-state index contributed by atoms with van der Waals surface area (Å²) in [7, 11) is 0. The van der Waals surface area contributed by atoms with E-state index >= 15 is 0 Å². The fourth-order valence-electron chi connectivity index (χ4n) is 2.83. The molecule has 1 aliphatic carbocycles. The normalized spacial score (nSPS) is 23.0. The van der Waals surface area contributed by atoms with Gasteiger partial charge in [-0.15, -0.1) is 0 Å². The van der Waals surface area contributed by atoms with E-state index in [2.05, 4.69) is 10.6 Å². The van der Waals surface area contributed by atoms with Gasteiger partial charge in [0.15, 0.2) is 0 Å². The molecule has 6 heteroatoms. The molecule has 1 aliphatic rings. The van der Waals surface area contributed by atoms with Crippen molar-refractivity contribution in [1.82, 2.24) is 10.6 Å². The summed E-state index contributed by atoms with van der Waals surface area (Å²) in [6.45, 7) is 10.3. The zero-order chi connectivity index (χ0) is 17.5. The van der Waals surface area contributed by atoms with Crippen LogP contribution in [0.5, 0.6) is 0 Å². The van der Waals surface area contributed by atoms with E-state index in [1.54, 1.807) is 0 Å². The van der Waals surface area contributed by atoms with Gasteiger partial charge < -0.3 is 20.1 Å². The molecule has 2 N–H and O–H groups in total. The Bertz CT molecular complexity index is 393. The summed E-state index contributed by atoms with van der Waals surface area (Å²) in [5.74, 6) is -0.0919. The van der Waals surface area contributed by atoms with Gasteiger partial charge in [-0.1, -0.05) is 6.42 Å². The molecule has 0 spiro atoms. The van der Waals surface area contributed by atoms with E-state index in [0.29, 0.717) is 13.2 Å². The average Bonchev–Trinajstić information content (AvgIpc) is 2.44. The first kappa shape index (κ1) is 19.7. The Kier molecular flexibility index (Phi) is 7.82. The van der Waals surface area contributed by atoms with Crippen molar-refractivity contribution < 1.29 is 19.1 Å². The lowest BCUT2D eigenvalue weighted by atomic mass is 9.85. The van der Waals surface area contributed by atoms with E-state index in [1.165, 1.54) is 0 Å². The lowest BCUT2D eigenvalue weighted by Crippen LogP contribution is -2.47. The lowest BCUT2D eigenvalue weighted by molar-refractivity contribution is -0.149. The average molecular weight is 328 g/mol. The third-order valence-corrected chi connectivity index (χ3v) is 3.77. The number of carbonyl (C=O) groups excluding carboxylic acids is 2. The molecule has 134 valence electrons. The molecular formula is C17H32N2O4. The van der Waals surface area contributed by atoms with Gasteiger partial charge in [0.2, 0.25) is 0 Å². The van der Waals surface area contributed by atoms with Crippen molar-refractivity contribution >= 4 is 12.1 Å². The summed E-state index contributed by atoms with van der Waals surface area (Å²) in [5.41, 5.74) is -0.489. The molecule has 3 unspecified atom stereocenters. The Labute approximate surface area is 139 Å². The van der Waals surface area contributed by atoms with Crippen LogP contribution in [0.2, 0.25) is 0 Å². The number of rotatable bonds is 6. The number of ether oxygens (including phenoxy) is 2. The number of hydrogen-bond donors (Lipinski definition) is 2. The number of amides is 1. The Morgan fingerprint density at radius 1 is 1.26 bits per heavy atom. The molecule has 23 heavy (non-hydrogen) atoms. The molecule has 3 atom stereocenters. The molecule has 0 bridgehead atoms. The molecule has 0 radical (unpaired) electrons. The first-order valence-corrected chi connectivity index (χ1v) is 8.60. The number of carbonyl (C=O) groups is 2. The highest BCUT2D eigenvalue weighted by atomic mass is 16.6. The van der Waals surface area contributed by atoms with Gasteiger partial charge >= 0.3 is 12.1 Å². The molecule has 1 fully saturated rings. The SMILES string of the molecule is CCOC(=O)C1CCCC(NC(C)CNC(=O)OC(C)(C)C)C1. The summed E-state index contributed by atoms with van der Waals surface area (Å²) in [6.07, 6.45) is 3.37. The molecule has 6 nitrogen and oxygen atoms in total. The zero-order valence-corrected chi connectivity index (χ0v) is 15.1. The number of alkyl carbamates (subject to hydrolysis) is 1. The molecule has 1 rings (SSSR count). The molecule has 0 aromatic carbocycles. The van der Waals surface area contributed by atoms with Gasteiger partial charge in [0.1, 0.15) is 5.60 Å². The highest BCUT2D eigenvalue weighted by Gasteiger charge is 2.28. The fraction of sp³-hybridized carbons (Fsp3) is 0.882. The predicted molar refractivity (Wildman–Crippen MR) is 89.2 cm³/mol. The third kappa shape index (κ3) is 8.21. The third-order valence-electron chi connectivity index (χ3n) is 3.77. The van der Waals surface area contributed by atoms with Crippen LogP contribution in [0.25, 0.3) is 0 Å². The van der Waals surface area contributed by atoms with E-state index in [1.807, 2.05) is 34.6 Å². The molecule has 1 amide bonds. The van der Waals surface area contributed by atoms with Crippen LogP contribution in [0.3, 0.4) is 0 Å². The van der Waals surface area contributed by atoms with Crippen molar-refractivity contribution in [1.29, 1.82) is 0 Å². The predicted octanol–water partition coefficient (Wildman–Crippen LogP) is 2.61. The maximum Gasteiger partial charge on any atom is 0.407 e. The summed E-state index contributed by atoms with van der Waals surface area (Å²) < 4.78 is 10.3. The number of esters is 1. The van der Waals surface area contributed by atoms with Crippen molar-refractivity contribution in [2.75, 3.05) is 13.2 Å². The van der Waals surface area contributed by atoms with E-state index in [0.717, 1.165) is 25.7 Å². The van der Waals surface area contributed by atoms with E-state index in [-0.39, 0.29) is 24.0 Å². The maximum atomic E-state index is 11.9. The molecule has 0 saturated heterocycles. The molecule has 1 saturated carbocycles. The minimum atomic E-state index is -0.489. The van der Waals surface area contributed by atoms with Gasteiger partial charge in [-0.25, -0.2) is 4.79 Å². The van der Waals surface area contributed by atoms with E-state index in [9.17, 15) is 9.59 Å². The fourth-order valence-corrected chi connectivity index (χ4v) is 2.83. The summed E-state index contributed by atoms with van der Waals surface area (Å²) >= 11 is 0. The highest BCUT2D eigenvalue weighted by molar-refractivity contribution is 5.72. The van der Waals surface area contributed by atoms with Gasteiger partial charge in [0.25, 0.3) is 0 Å². The zero-order valence-electron chi connectivity index (χ0n) is 15.1. The Morgan fingerprint density at radius 2 is 1.96 bits per heavy atom. The minimum Gasteiger partial charge on any atom is -0.466 e. The van der Waals surface area contributed by atoms with Crippen LogP contribution in [0, 0.1) is 5.92 Å². The maximum absolute atomic E-state index is 11.9. The van der Waals surface area contributed by atoms with Gasteiger partial charge in [0.05, 0.1) is 12.5 Å². The van der Waals surface area contributed by atoms with Crippen LogP contribution >= 0.6 is 0 Å². The second kappa shape index (κ2) is 9.11. The van der Waals surface area contributed by atoms with Crippen LogP contribution in [-0.2, 0) is 14.3 Å². The monoisotopic (exact) mass is 328 g/mol. The Morgan fingerprint density at radius 3 is 2.57 bits per heavy atom. The Hall–Kier alpha value is -1.30. The van der Waals surface area contributed by atoms with Gasteiger partial charge in [0, 0.05) is 18.6 Å². The van der Waals surface area contributed by atoms with E-state index in [4.69, 9.17) is 9.47 Å². The van der Waals surface area contributed by atoms with Crippen molar-refractivity contribution in [2.24, 2.45) is 5.92 Å². The van der Waals surface area contributed by atoms with Gasteiger partial charge in [-0.05, 0) is 53.9 Å². The van der Waals surface area contributed by atoms with Crippen molar-refractivity contribution in [3.63, 3.8) is 0 Å². The van der Waals surface area contributed by atoms with Crippen molar-refractivity contribution in [3.05, 3.63) is 0 Å². The summed E-state index contributed by atoms with van der Waals surface area (Å²) in [4.78, 5) is 23.5. The van der Waals surface area contributed by atoms with Crippen LogP contribution in [-0.4, -0.2) is 42.9 Å². The van der Waals surface area contributed by atoms with Crippen LogP contribution in [0.15, 0.2) is 0 Å². The number of hydrogen-bond acceptors (Lipinski definition) is 5.